The summed E-state index contributed by atoms with van der Waals surface area (Å²) in [7, 11) is 0. The third kappa shape index (κ3) is 1.68. The summed E-state index contributed by atoms with van der Waals surface area (Å²) in [5.74, 6) is 0. The van der Waals surface area contributed by atoms with Gasteiger partial charge in [-0.2, -0.15) is 5.26 Å². The topological polar surface area (TPSA) is 56.9 Å². The fraction of sp³-hybridized carbons (Fsp3) is 0.111. The second-order valence-electron chi connectivity index (χ2n) is 2.32. The minimum absolute atomic E-state index is 0.140. The summed E-state index contributed by atoms with van der Waals surface area (Å²) in [6, 6.07) is 5.09. The van der Waals surface area contributed by atoms with E-state index < -0.39 is 6.10 Å². The quantitative estimate of drug-likeness (QED) is 0.661. The number of aliphatic hydroxyl groups is 1. The van der Waals surface area contributed by atoms with E-state index in [0.29, 0.717) is 5.56 Å². The lowest BCUT2D eigenvalue weighted by molar-refractivity contribution is 0.221. The molecule has 0 aliphatic rings. The van der Waals surface area contributed by atoms with Gasteiger partial charge in [-0.1, -0.05) is 6.58 Å². The molecule has 1 aromatic rings. The van der Waals surface area contributed by atoms with Crippen LogP contribution in [0.25, 0.3) is 0 Å². The Balaban J connectivity index is 2.87. The molecule has 0 bridgehead atoms. The van der Waals surface area contributed by atoms with E-state index in [2.05, 4.69) is 11.6 Å². The number of hydrogen-bond donors (Lipinski definition) is 1. The van der Waals surface area contributed by atoms with Crippen molar-refractivity contribution in [2.75, 3.05) is 0 Å². The molecule has 0 aromatic carbocycles. The van der Waals surface area contributed by atoms with Gasteiger partial charge in [-0.15, -0.1) is 0 Å². The van der Waals surface area contributed by atoms with Crippen molar-refractivity contribution in [3.63, 3.8) is 0 Å². The molecule has 0 aliphatic heterocycles. The number of aliphatic hydroxyl groups excluding tert-OH is 1. The van der Waals surface area contributed by atoms with E-state index >= 15 is 0 Å². The standard InChI is InChI=1S/C9H8N2O/c1-7(6-10)9(12)8-2-4-11-5-3-8/h2-5,9,12H,1H2/t9-/m1/s1. The summed E-state index contributed by atoms with van der Waals surface area (Å²) >= 11 is 0. The average Bonchev–Trinajstić information content (AvgIpc) is 2.17. The van der Waals surface area contributed by atoms with Crippen molar-refractivity contribution >= 4 is 0 Å². The van der Waals surface area contributed by atoms with Crippen molar-refractivity contribution in [1.82, 2.24) is 4.98 Å². The first-order chi connectivity index (χ1) is 5.75. The zero-order valence-corrected chi connectivity index (χ0v) is 6.44. The van der Waals surface area contributed by atoms with Gasteiger partial charge in [-0.05, 0) is 17.7 Å². The van der Waals surface area contributed by atoms with Gasteiger partial charge in [0.25, 0.3) is 0 Å². The van der Waals surface area contributed by atoms with Gasteiger partial charge in [0, 0.05) is 12.4 Å². The van der Waals surface area contributed by atoms with Crippen LogP contribution in [0.15, 0.2) is 36.7 Å². The molecule has 1 rings (SSSR count). The lowest BCUT2D eigenvalue weighted by atomic mass is 10.1. The molecular formula is C9H8N2O. The Morgan fingerprint density at radius 1 is 1.58 bits per heavy atom. The Kier molecular flexibility index (Phi) is 2.57. The van der Waals surface area contributed by atoms with Crippen LogP contribution in [0.3, 0.4) is 0 Å². The molecule has 1 atom stereocenters. The lowest BCUT2D eigenvalue weighted by Crippen LogP contribution is -1.98. The van der Waals surface area contributed by atoms with Crippen molar-refractivity contribution in [3.8, 4) is 6.07 Å². The van der Waals surface area contributed by atoms with Crippen molar-refractivity contribution in [3.05, 3.63) is 42.2 Å². The van der Waals surface area contributed by atoms with Crippen LogP contribution in [-0.4, -0.2) is 10.1 Å². The van der Waals surface area contributed by atoms with Crippen LogP contribution in [-0.2, 0) is 0 Å². The molecular weight excluding hydrogens is 152 g/mol. The van der Waals surface area contributed by atoms with Gasteiger partial charge in [0.05, 0.1) is 11.6 Å². The molecule has 0 unspecified atom stereocenters. The molecule has 0 saturated heterocycles. The van der Waals surface area contributed by atoms with Crippen molar-refractivity contribution in [2.45, 2.75) is 6.10 Å². The van der Waals surface area contributed by atoms with Gasteiger partial charge in [0.1, 0.15) is 6.10 Å². The maximum absolute atomic E-state index is 9.44. The monoisotopic (exact) mass is 160 g/mol. The second kappa shape index (κ2) is 3.65. The van der Waals surface area contributed by atoms with Crippen molar-refractivity contribution in [1.29, 1.82) is 5.26 Å². The highest BCUT2D eigenvalue weighted by molar-refractivity contribution is 5.30. The van der Waals surface area contributed by atoms with Crippen LogP contribution >= 0.6 is 0 Å². The smallest absolute Gasteiger partial charge is 0.113 e. The Labute approximate surface area is 70.6 Å². The minimum atomic E-state index is -0.905. The molecule has 60 valence electrons. The highest BCUT2D eigenvalue weighted by Gasteiger charge is 2.09. The second-order valence-corrected chi connectivity index (χ2v) is 2.32. The fourth-order valence-corrected chi connectivity index (χ4v) is 0.808. The van der Waals surface area contributed by atoms with Crippen LogP contribution in [0, 0.1) is 11.3 Å². The molecule has 0 radical (unpaired) electrons. The van der Waals surface area contributed by atoms with Crippen LogP contribution < -0.4 is 0 Å². The number of pyridine rings is 1. The largest absolute Gasteiger partial charge is 0.383 e. The predicted octanol–water partition coefficient (Wildman–Crippen LogP) is 1.19. The Morgan fingerprint density at radius 3 is 2.67 bits per heavy atom. The predicted molar refractivity (Wildman–Crippen MR) is 43.9 cm³/mol. The molecule has 0 spiro atoms. The lowest BCUT2D eigenvalue weighted by Gasteiger charge is -2.06. The van der Waals surface area contributed by atoms with Crippen LogP contribution in [0.4, 0.5) is 0 Å². The number of aromatic nitrogens is 1. The highest BCUT2D eigenvalue weighted by Crippen LogP contribution is 2.17. The van der Waals surface area contributed by atoms with Gasteiger partial charge in [0.2, 0.25) is 0 Å². The van der Waals surface area contributed by atoms with E-state index in [9.17, 15) is 5.11 Å². The van der Waals surface area contributed by atoms with E-state index in [0.717, 1.165) is 0 Å². The Bertz CT molecular complexity index is 313. The molecule has 3 nitrogen and oxygen atoms in total. The summed E-state index contributed by atoms with van der Waals surface area (Å²) in [5, 5.41) is 17.9. The summed E-state index contributed by atoms with van der Waals surface area (Å²) in [6.07, 6.45) is 2.21. The van der Waals surface area contributed by atoms with E-state index in [-0.39, 0.29) is 5.57 Å². The van der Waals surface area contributed by atoms with E-state index in [1.165, 1.54) is 0 Å². The summed E-state index contributed by atoms with van der Waals surface area (Å²) in [6.45, 7) is 3.42. The molecule has 0 fully saturated rings. The first-order valence-electron chi connectivity index (χ1n) is 3.42. The van der Waals surface area contributed by atoms with Crippen LogP contribution in [0.5, 0.6) is 0 Å². The molecule has 0 amide bonds. The average molecular weight is 160 g/mol. The third-order valence-electron chi connectivity index (χ3n) is 1.50. The summed E-state index contributed by atoms with van der Waals surface area (Å²) in [4.78, 5) is 3.79. The number of hydrogen-bond acceptors (Lipinski definition) is 3. The van der Waals surface area contributed by atoms with Gasteiger partial charge in [0.15, 0.2) is 0 Å². The maximum Gasteiger partial charge on any atom is 0.113 e. The molecule has 0 aliphatic carbocycles. The van der Waals surface area contributed by atoms with Crippen molar-refractivity contribution < 1.29 is 5.11 Å². The molecule has 1 aromatic heterocycles. The summed E-state index contributed by atoms with van der Waals surface area (Å²) in [5.41, 5.74) is 0.776. The van der Waals surface area contributed by atoms with Crippen LogP contribution in [0.1, 0.15) is 11.7 Å². The van der Waals surface area contributed by atoms with Gasteiger partial charge >= 0.3 is 0 Å². The zero-order valence-electron chi connectivity index (χ0n) is 6.44. The Hall–Kier alpha value is -1.66. The van der Waals surface area contributed by atoms with Crippen molar-refractivity contribution in [2.24, 2.45) is 0 Å². The molecule has 0 saturated carbocycles. The number of nitrogens with zero attached hydrogens (tertiary/aromatic N) is 2. The van der Waals surface area contributed by atoms with E-state index in [1.54, 1.807) is 30.6 Å². The number of rotatable bonds is 2. The fourth-order valence-electron chi connectivity index (χ4n) is 0.808. The maximum atomic E-state index is 9.44. The van der Waals surface area contributed by atoms with Gasteiger partial charge in [-0.25, -0.2) is 0 Å². The van der Waals surface area contributed by atoms with Crippen LogP contribution in [0.2, 0.25) is 0 Å². The summed E-state index contributed by atoms with van der Waals surface area (Å²) < 4.78 is 0. The normalized spacial score (nSPS) is 11.7. The molecule has 1 heterocycles. The number of nitriles is 1. The van der Waals surface area contributed by atoms with Gasteiger partial charge < -0.3 is 5.11 Å². The molecule has 3 heteroatoms. The molecule has 1 N–H and O–H groups in total. The van der Waals surface area contributed by atoms with E-state index in [1.807, 2.05) is 0 Å². The Morgan fingerprint density at radius 2 is 2.17 bits per heavy atom. The first-order valence-corrected chi connectivity index (χ1v) is 3.42. The molecule has 12 heavy (non-hydrogen) atoms. The SMILES string of the molecule is C=C(C#N)[C@@H](O)c1ccncc1. The van der Waals surface area contributed by atoms with E-state index in [4.69, 9.17) is 5.26 Å². The highest BCUT2D eigenvalue weighted by atomic mass is 16.3. The van der Waals surface area contributed by atoms with Gasteiger partial charge in [-0.3, -0.25) is 4.98 Å². The minimum Gasteiger partial charge on any atom is -0.383 e. The zero-order chi connectivity index (χ0) is 8.97. The third-order valence-corrected chi connectivity index (χ3v) is 1.50. The first kappa shape index (κ1) is 8.44.